The molecule has 9 nitrogen and oxygen atoms in total. The number of nitrogens with one attached hydrogen (secondary N) is 3. The zero-order valence-corrected chi connectivity index (χ0v) is 14.0. The first-order chi connectivity index (χ1) is 12.8. The minimum Gasteiger partial charge on any atom is -0.481 e. The van der Waals surface area contributed by atoms with Crippen LogP contribution in [0.2, 0.25) is 0 Å². The number of urea groups is 1. The second-order valence-corrected chi connectivity index (χ2v) is 5.92. The van der Waals surface area contributed by atoms with Crippen molar-refractivity contribution in [2.45, 2.75) is 12.8 Å². The molecule has 0 bridgehead atoms. The molecule has 9 heteroatoms. The first kappa shape index (κ1) is 17.9. The first-order valence-corrected chi connectivity index (χ1v) is 8.01. The number of primary amides is 1. The summed E-state index contributed by atoms with van der Waals surface area (Å²) in [6, 6.07) is 5.71. The predicted molar refractivity (Wildman–Crippen MR) is 98.1 cm³/mol. The molecule has 0 aliphatic carbocycles. The van der Waals surface area contributed by atoms with Crippen LogP contribution in [-0.2, 0) is 9.59 Å². The average Bonchev–Trinajstić information content (AvgIpc) is 3.18. The standard InChI is InChI=1S/C18H16N4O5/c19-18(27)21-10-1-2-14-12(6-10)13(17(26)22-14)7-11-5-9(8-20-11)15(23)3-4-16(24)25/h1-2,5-8,20H,3-4H2,(H,22,26)(H,24,25)(H3,19,21,27)/b13-7-. The quantitative estimate of drug-likeness (QED) is 0.390. The zero-order chi connectivity index (χ0) is 19.6. The molecule has 1 aromatic carbocycles. The van der Waals surface area contributed by atoms with Crippen molar-refractivity contribution in [2.24, 2.45) is 5.73 Å². The van der Waals surface area contributed by atoms with Crippen molar-refractivity contribution in [2.75, 3.05) is 10.6 Å². The van der Waals surface area contributed by atoms with Crippen molar-refractivity contribution in [3.8, 4) is 0 Å². The van der Waals surface area contributed by atoms with Gasteiger partial charge in [0.25, 0.3) is 5.91 Å². The van der Waals surface area contributed by atoms with Gasteiger partial charge < -0.3 is 26.5 Å². The zero-order valence-electron chi connectivity index (χ0n) is 14.0. The summed E-state index contributed by atoms with van der Waals surface area (Å²) in [5.74, 6) is -1.67. The molecular formula is C18H16N4O5. The maximum Gasteiger partial charge on any atom is 0.316 e. The van der Waals surface area contributed by atoms with E-state index in [0.29, 0.717) is 33.8 Å². The number of carboxylic acids is 1. The highest BCUT2D eigenvalue weighted by Gasteiger charge is 2.25. The first-order valence-electron chi connectivity index (χ1n) is 8.01. The number of ketones is 1. The lowest BCUT2D eigenvalue weighted by Gasteiger charge is -2.04. The molecule has 2 heterocycles. The van der Waals surface area contributed by atoms with Gasteiger partial charge in [0.05, 0.1) is 12.0 Å². The van der Waals surface area contributed by atoms with E-state index >= 15 is 0 Å². The Morgan fingerprint density at radius 3 is 2.67 bits per heavy atom. The van der Waals surface area contributed by atoms with Gasteiger partial charge in [0, 0.05) is 40.8 Å². The van der Waals surface area contributed by atoms with Gasteiger partial charge >= 0.3 is 12.0 Å². The Morgan fingerprint density at radius 2 is 1.96 bits per heavy atom. The highest BCUT2D eigenvalue weighted by Crippen LogP contribution is 2.35. The van der Waals surface area contributed by atoms with Gasteiger partial charge in [-0.05, 0) is 30.3 Å². The number of aromatic nitrogens is 1. The molecule has 0 fully saturated rings. The smallest absolute Gasteiger partial charge is 0.316 e. The lowest BCUT2D eigenvalue weighted by molar-refractivity contribution is -0.137. The number of carboxylic acid groups (broad SMARTS) is 1. The minimum absolute atomic E-state index is 0.103. The number of Topliss-reactive ketones (excluding diaryl/α,β-unsaturated/α-hetero) is 1. The number of hydrogen-bond donors (Lipinski definition) is 5. The van der Waals surface area contributed by atoms with Crippen molar-refractivity contribution in [1.82, 2.24) is 4.98 Å². The van der Waals surface area contributed by atoms with E-state index in [-0.39, 0.29) is 24.5 Å². The van der Waals surface area contributed by atoms with Crippen LogP contribution in [0.25, 0.3) is 11.6 Å². The minimum atomic E-state index is -1.04. The summed E-state index contributed by atoms with van der Waals surface area (Å²) in [7, 11) is 0. The normalized spacial score (nSPS) is 13.9. The molecule has 3 amide bonds. The van der Waals surface area contributed by atoms with Gasteiger partial charge in [-0.2, -0.15) is 0 Å². The number of H-pyrrole nitrogens is 1. The number of aromatic amines is 1. The summed E-state index contributed by atoms with van der Waals surface area (Å²) in [6.45, 7) is 0. The van der Waals surface area contributed by atoms with Crippen LogP contribution in [0.5, 0.6) is 0 Å². The fraction of sp³-hybridized carbons (Fsp3) is 0.111. The number of aliphatic carboxylic acids is 1. The molecule has 1 aromatic heterocycles. The Kier molecular flexibility index (Phi) is 4.75. The fourth-order valence-corrected chi connectivity index (χ4v) is 2.73. The third-order valence-corrected chi connectivity index (χ3v) is 3.96. The Hall–Kier alpha value is -3.88. The Labute approximate surface area is 153 Å². The number of amides is 3. The van der Waals surface area contributed by atoms with E-state index in [1.54, 1.807) is 30.3 Å². The summed E-state index contributed by atoms with van der Waals surface area (Å²) in [5.41, 5.74) is 7.93. The van der Waals surface area contributed by atoms with Gasteiger partial charge in [0.1, 0.15) is 0 Å². The van der Waals surface area contributed by atoms with Gasteiger partial charge in [0.2, 0.25) is 0 Å². The van der Waals surface area contributed by atoms with E-state index in [0.717, 1.165) is 0 Å². The summed E-state index contributed by atoms with van der Waals surface area (Å²) in [5, 5.41) is 13.8. The van der Waals surface area contributed by atoms with Crippen molar-refractivity contribution < 1.29 is 24.3 Å². The summed E-state index contributed by atoms with van der Waals surface area (Å²) in [4.78, 5) is 48.7. The van der Waals surface area contributed by atoms with Crippen LogP contribution in [0, 0.1) is 0 Å². The number of nitrogens with two attached hydrogens (primary N) is 1. The van der Waals surface area contributed by atoms with Crippen molar-refractivity contribution in [3.63, 3.8) is 0 Å². The number of carbonyl (C=O) groups excluding carboxylic acids is 3. The number of carbonyl (C=O) groups is 4. The number of hydrogen-bond acceptors (Lipinski definition) is 4. The van der Waals surface area contributed by atoms with Gasteiger partial charge in [-0.25, -0.2) is 4.79 Å². The summed E-state index contributed by atoms with van der Waals surface area (Å²) >= 11 is 0. The summed E-state index contributed by atoms with van der Waals surface area (Å²) < 4.78 is 0. The third kappa shape index (κ3) is 4.03. The molecule has 2 aromatic rings. The topological polar surface area (TPSA) is 154 Å². The average molecular weight is 368 g/mol. The fourth-order valence-electron chi connectivity index (χ4n) is 2.73. The second kappa shape index (κ2) is 7.16. The molecule has 6 N–H and O–H groups in total. The molecule has 27 heavy (non-hydrogen) atoms. The lowest BCUT2D eigenvalue weighted by Crippen LogP contribution is -2.19. The Morgan fingerprint density at radius 1 is 1.19 bits per heavy atom. The molecule has 0 atom stereocenters. The molecule has 138 valence electrons. The predicted octanol–water partition coefficient (Wildman–Crippen LogP) is 2.05. The van der Waals surface area contributed by atoms with Crippen LogP contribution in [0.1, 0.15) is 34.5 Å². The number of fused-ring (bicyclic) bond motifs is 1. The van der Waals surface area contributed by atoms with Gasteiger partial charge in [-0.3, -0.25) is 14.4 Å². The number of anilines is 2. The molecule has 0 saturated heterocycles. The van der Waals surface area contributed by atoms with Crippen LogP contribution in [0.15, 0.2) is 30.5 Å². The molecule has 0 unspecified atom stereocenters. The van der Waals surface area contributed by atoms with E-state index < -0.39 is 12.0 Å². The van der Waals surface area contributed by atoms with Crippen LogP contribution >= 0.6 is 0 Å². The lowest BCUT2D eigenvalue weighted by atomic mass is 10.0. The summed E-state index contributed by atoms with van der Waals surface area (Å²) in [6.07, 6.45) is 2.69. The van der Waals surface area contributed by atoms with E-state index in [1.807, 2.05) is 0 Å². The number of benzene rings is 1. The Balaban J connectivity index is 1.86. The maximum absolute atomic E-state index is 12.2. The highest BCUT2D eigenvalue weighted by molar-refractivity contribution is 6.35. The van der Waals surface area contributed by atoms with Crippen LogP contribution < -0.4 is 16.4 Å². The van der Waals surface area contributed by atoms with Crippen LogP contribution in [0.4, 0.5) is 16.2 Å². The van der Waals surface area contributed by atoms with Gasteiger partial charge in [-0.15, -0.1) is 0 Å². The van der Waals surface area contributed by atoms with E-state index in [9.17, 15) is 19.2 Å². The molecule has 0 saturated carbocycles. The van der Waals surface area contributed by atoms with Crippen molar-refractivity contribution >= 4 is 46.7 Å². The monoisotopic (exact) mass is 368 g/mol. The van der Waals surface area contributed by atoms with Crippen LogP contribution in [-0.4, -0.2) is 33.8 Å². The van der Waals surface area contributed by atoms with Gasteiger partial charge in [-0.1, -0.05) is 0 Å². The number of rotatable bonds is 6. The highest BCUT2D eigenvalue weighted by atomic mass is 16.4. The van der Waals surface area contributed by atoms with Crippen molar-refractivity contribution in [1.29, 1.82) is 0 Å². The molecular weight excluding hydrogens is 352 g/mol. The molecule has 3 rings (SSSR count). The molecule has 1 aliphatic heterocycles. The molecule has 1 aliphatic rings. The van der Waals surface area contributed by atoms with E-state index in [4.69, 9.17) is 10.8 Å². The third-order valence-electron chi connectivity index (χ3n) is 3.96. The van der Waals surface area contributed by atoms with Crippen LogP contribution in [0.3, 0.4) is 0 Å². The largest absolute Gasteiger partial charge is 0.481 e. The van der Waals surface area contributed by atoms with Gasteiger partial charge in [0.15, 0.2) is 5.78 Å². The second-order valence-electron chi connectivity index (χ2n) is 5.92. The molecule has 0 radical (unpaired) electrons. The Bertz CT molecular complexity index is 989. The van der Waals surface area contributed by atoms with Crippen molar-refractivity contribution in [3.05, 3.63) is 47.3 Å². The SMILES string of the molecule is NC(=O)Nc1ccc2c(c1)/C(=C/c1cc(C(=O)CCC(=O)O)c[nH]1)C(=O)N2. The molecule has 0 spiro atoms. The van der Waals surface area contributed by atoms with E-state index in [2.05, 4.69) is 15.6 Å². The van der Waals surface area contributed by atoms with E-state index in [1.165, 1.54) is 6.20 Å². The maximum atomic E-state index is 12.2.